The second kappa shape index (κ2) is 8.70. The molecule has 0 unspecified atom stereocenters. The quantitative estimate of drug-likeness (QED) is 0.281. The average molecular weight is 507 g/mol. The SMILES string of the molecule is C=C(C)C1(C)CCC(n2c(Nc3c(F)cc(F)cc3F)nc3cnc(NC4CC(F)(F)C4)nc32)CC1. The summed E-state index contributed by atoms with van der Waals surface area (Å²) in [5.41, 5.74) is 1.33. The van der Waals surface area contributed by atoms with Gasteiger partial charge in [0.1, 0.15) is 17.0 Å². The molecule has 0 aliphatic heterocycles. The Morgan fingerprint density at radius 3 is 2.31 bits per heavy atom. The third kappa shape index (κ3) is 4.51. The van der Waals surface area contributed by atoms with Crippen LogP contribution in [0, 0.1) is 22.9 Å². The molecule has 192 valence electrons. The summed E-state index contributed by atoms with van der Waals surface area (Å²) >= 11 is 0. The van der Waals surface area contributed by atoms with E-state index in [2.05, 4.69) is 39.1 Å². The summed E-state index contributed by atoms with van der Waals surface area (Å²) < 4.78 is 70.7. The number of fused-ring (bicyclic) bond motifs is 1. The van der Waals surface area contributed by atoms with E-state index in [1.165, 1.54) is 6.20 Å². The molecule has 2 heterocycles. The molecule has 0 spiro atoms. The predicted octanol–water partition coefficient (Wildman–Crippen LogP) is 6.89. The Labute approximate surface area is 205 Å². The van der Waals surface area contributed by atoms with Crippen LogP contribution in [0.2, 0.25) is 0 Å². The van der Waals surface area contributed by atoms with Gasteiger partial charge in [-0.05, 0) is 38.0 Å². The lowest BCUT2D eigenvalue weighted by Gasteiger charge is -2.38. The van der Waals surface area contributed by atoms with Crippen molar-refractivity contribution < 1.29 is 22.0 Å². The van der Waals surface area contributed by atoms with Gasteiger partial charge in [-0.3, -0.25) is 4.57 Å². The van der Waals surface area contributed by atoms with E-state index in [-0.39, 0.29) is 36.2 Å². The van der Waals surface area contributed by atoms with Crippen molar-refractivity contribution in [3.63, 3.8) is 0 Å². The van der Waals surface area contributed by atoms with Crippen molar-refractivity contribution in [1.29, 1.82) is 0 Å². The highest BCUT2D eigenvalue weighted by atomic mass is 19.3. The zero-order valence-corrected chi connectivity index (χ0v) is 20.0. The number of benzene rings is 1. The van der Waals surface area contributed by atoms with Gasteiger partial charge < -0.3 is 10.6 Å². The lowest BCUT2D eigenvalue weighted by molar-refractivity contribution is -0.0794. The van der Waals surface area contributed by atoms with Gasteiger partial charge in [0.15, 0.2) is 17.3 Å². The van der Waals surface area contributed by atoms with Crippen molar-refractivity contribution in [3.05, 3.63) is 47.9 Å². The van der Waals surface area contributed by atoms with E-state index in [4.69, 9.17) is 0 Å². The van der Waals surface area contributed by atoms with Crippen molar-refractivity contribution in [3.8, 4) is 0 Å². The van der Waals surface area contributed by atoms with E-state index in [1.54, 1.807) is 4.57 Å². The van der Waals surface area contributed by atoms with Gasteiger partial charge in [-0.15, -0.1) is 0 Å². The van der Waals surface area contributed by atoms with E-state index in [0.717, 1.165) is 31.3 Å². The highest BCUT2D eigenvalue weighted by Gasteiger charge is 2.45. The summed E-state index contributed by atoms with van der Waals surface area (Å²) in [5, 5.41) is 5.62. The Morgan fingerprint density at radius 2 is 1.72 bits per heavy atom. The first-order valence-electron chi connectivity index (χ1n) is 11.9. The lowest BCUT2D eigenvalue weighted by Crippen LogP contribution is -2.44. The van der Waals surface area contributed by atoms with Gasteiger partial charge >= 0.3 is 0 Å². The molecular formula is C25H27F5N6. The van der Waals surface area contributed by atoms with Crippen molar-refractivity contribution >= 4 is 28.7 Å². The Hall–Kier alpha value is -3.24. The van der Waals surface area contributed by atoms with Crippen molar-refractivity contribution in [2.75, 3.05) is 10.6 Å². The summed E-state index contributed by atoms with van der Waals surface area (Å²) in [4.78, 5) is 13.2. The smallest absolute Gasteiger partial charge is 0.252 e. The zero-order chi connectivity index (χ0) is 25.8. The van der Waals surface area contributed by atoms with Gasteiger partial charge in [-0.25, -0.2) is 31.9 Å². The third-order valence-electron chi connectivity index (χ3n) is 7.55. The number of hydrogen-bond donors (Lipinski definition) is 2. The van der Waals surface area contributed by atoms with Gasteiger partial charge in [0, 0.05) is 37.1 Å². The van der Waals surface area contributed by atoms with Crippen LogP contribution < -0.4 is 10.6 Å². The van der Waals surface area contributed by atoms with E-state index >= 15 is 0 Å². The minimum atomic E-state index is -2.69. The van der Waals surface area contributed by atoms with Crippen LogP contribution in [0.3, 0.4) is 0 Å². The fraction of sp³-hybridized carbons (Fsp3) is 0.480. The largest absolute Gasteiger partial charge is 0.351 e. The normalized spacial score (nSPS) is 23.9. The number of imidazole rings is 1. The Balaban J connectivity index is 1.52. The molecule has 2 aliphatic carbocycles. The van der Waals surface area contributed by atoms with Crippen LogP contribution in [0.15, 0.2) is 30.5 Å². The maximum absolute atomic E-state index is 14.4. The topological polar surface area (TPSA) is 67.7 Å². The van der Waals surface area contributed by atoms with E-state index < -0.39 is 35.1 Å². The van der Waals surface area contributed by atoms with Crippen LogP contribution in [0.4, 0.5) is 39.5 Å². The fourth-order valence-corrected chi connectivity index (χ4v) is 5.04. The number of nitrogens with zero attached hydrogens (tertiary/aromatic N) is 4. The van der Waals surface area contributed by atoms with E-state index in [1.807, 2.05) is 6.92 Å². The highest BCUT2D eigenvalue weighted by Crippen LogP contribution is 2.46. The third-order valence-corrected chi connectivity index (χ3v) is 7.55. The standard InChI is InChI=1S/C25H27F5N6/c1-13(2)24(3)6-4-16(5-7-24)36-21-19(12-31-22(35-21)32-15-10-25(29,30)11-15)33-23(36)34-20-17(27)8-14(26)9-18(20)28/h8-9,12,15-16H,1,4-7,10-11H2,2-3H3,(H,33,34)(H,31,32,35). The van der Waals surface area contributed by atoms with Crippen LogP contribution in [0.5, 0.6) is 0 Å². The first kappa shape index (κ1) is 24.5. The Bertz CT molecular complexity index is 1300. The van der Waals surface area contributed by atoms with E-state index in [0.29, 0.717) is 23.3 Å². The number of nitrogens with one attached hydrogen (secondary N) is 2. The maximum atomic E-state index is 14.4. The van der Waals surface area contributed by atoms with Gasteiger partial charge in [0.25, 0.3) is 5.92 Å². The van der Waals surface area contributed by atoms with Gasteiger partial charge in [0.05, 0.1) is 6.20 Å². The van der Waals surface area contributed by atoms with Gasteiger partial charge in [0.2, 0.25) is 11.9 Å². The minimum absolute atomic E-state index is 0.0210. The number of alkyl halides is 2. The molecule has 0 bridgehead atoms. The molecule has 0 atom stereocenters. The summed E-state index contributed by atoms with van der Waals surface area (Å²) in [6, 6.07) is 0.633. The molecular weight excluding hydrogens is 479 g/mol. The number of halogens is 5. The number of rotatable bonds is 6. The molecule has 2 aliphatic rings. The molecule has 11 heteroatoms. The molecule has 0 radical (unpaired) electrons. The molecule has 5 rings (SSSR count). The molecule has 2 N–H and O–H groups in total. The van der Waals surface area contributed by atoms with Gasteiger partial charge in [-0.1, -0.05) is 19.1 Å². The Kier molecular flexibility index (Phi) is 5.91. The first-order valence-corrected chi connectivity index (χ1v) is 11.9. The minimum Gasteiger partial charge on any atom is -0.351 e. The summed E-state index contributed by atoms with van der Waals surface area (Å²) in [6.45, 7) is 8.30. The van der Waals surface area contributed by atoms with Crippen molar-refractivity contribution in [1.82, 2.24) is 19.5 Å². The van der Waals surface area contributed by atoms with Crippen LogP contribution in [-0.4, -0.2) is 31.5 Å². The molecule has 2 aromatic heterocycles. The molecule has 36 heavy (non-hydrogen) atoms. The van der Waals surface area contributed by atoms with Gasteiger partial charge in [-0.2, -0.15) is 4.98 Å². The number of aromatic nitrogens is 4. The lowest BCUT2D eigenvalue weighted by atomic mass is 9.70. The fourth-order valence-electron chi connectivity index (χ4n) is 5.04. The van der Waals surface area contributed by atoms with Crippen LogP contribution >= 0.6 is 0 Å². The highest BCUT2D eigenvalue weighted by molar-refractivity contribution is 5.76. The maximum Gasteiger partial charge on any atom is 0.252 e. The molecule has 2 saturated carbocycles. The van der Waals surface area contributed by atoms with Crippen molar-refractivity contribution in [2.24, 2.45) is 5.41 Å². The molecule has 1 aromatic carbocycles. The van der Waals surface area contributed by atoms with E-state index in [9.17, 15) is 22.0 Å². The van der Waals surface area contributed by atoms with Crippen LogP contribution in [0.25, 0.3) is 11.2 Å². The van der Waals surface area contributed by atoms with Crippen molar-refractivity contribution in [2.45, 2.75) is 70.4 Å². The second-order valence-electron chi connectivity index (χ2n) is 10.3. The van der Waals surface area contributed by atoms with Crippen LogP contribution in [0.1, 0.15) is 58.4 Å². The molecule has 6 nitrogen and oxygen atoms in total. The summed E-state index contributed by atoms with van der Waals surface area (Å²) in [5.74, 6) is -5.59. The molecule has 2 fully saturated rings. The average Bonchev–Trinajstić information content (AvgIpc) is 3.13. The van der Waals surface area contributed by atoms with Crippen LogP contribution in [-0.2, 0) is 0 Å². The molecule has 3 aromatic rings. The summed E-state index contributed by atoms with van der Waals surface area (Å²) in [7, 11) is 0. The Morgan fingerprint density at radius 1 is 1.08 bits per heavy atom. The zero-order valence-electron chi connectivity index (χ0n) is 20.0. The monoisotopic (exact) mass is 506 g/mol. The number of anilines is 3. The first-order chi connectivity index (χ1) is 16.9. The second-order valence-corrected chi connectivity index (χ2v) is 10.3. The predicted molar refractivity (Wildman–Crippen MR) is 127 cm³/mol. The molecule has 0 amide bonds. The summed E-state index contributed by atoms with van der Waals surface area (Å²) in [6.07, 6.45) is 4.01. The molecule has 0 saturated heterocycles. The number of allylic oxidation sites excluding steroid dienone is 1. The number of hydrogen-bond acceptors (Lipinski definition) is 5.